The molecule has 1 aromatic carbocycles. The van der Waals surface area contributed by atoms with Gasteiger partial charge in [-0.25, -0.2) is 0 Å². The smallest absolute Gasteiger partial charge is 0.256 e. The molecule has 1 saturated heterocycles. The maximum atomic E-state index is 12.6. The molecule has 0 unspecified atom stereocenters. The van der Waals surface area contributed by atoms with E-state index < -0.39 is 0 Å². The highest BCUT2D eigenvalue weighted by molar-refractivity contribution is 7.99. The summed E-state index contributed by atoms with van der Waals surface area (Å²) >= 11 is 7.68. The van der Waals surface area contributed by atoms with Gasteiger partial charge in [-0.3, -0.25) is 9.59 Å². The van der Waals surface area contributed by atoms with Gasteiger partial charge in [0, 0.05) is 16.8 Å². The number of carbonyl (C=O) groups excluding carboxylic acids is 2. The lowest BCUT2D eigenvalue weighted by Crippen LogP contribution is -2.44. The van der Waals surface area contributed by atoms with Crippen molar-refractivity contribution in [3.8, 4) is 0 Å². The third-order valence-corrected chi connectivity index (χ3v) is 5.21. The molecule has 1 N–H and O–H groups in total. The van der Waals surface area contributed by atoms with Crippen LogP contribution in [0.5, 0.6) is 0 Å². The van der Waals surface area contributed by atoms with E-state index in [-0.39, 0.29) is 23.1 Å². The van der Waals surface area contributed by atoms with Crippen LogP contribution in [0.4, 0.5) is 5.69 Å². The fraction of sp³-hybridized carbons (Fsp3) is 0.429. The summed E-state index contributed by atoms with van der Waals surface area (Å²) in [5.41, 5.74) is 1.04. The largest absolute Gasteiger partial charge is 0.325 e. The molecule has 6 heteroatoms. The van der Waals surface area contributed by atoms with E-state index in [4.69, 9.17) is 11.6 Å². The zero-order valence-electron chi connectivity index (χ0n) is 11.1. The van der Waals surface area contributed by atoms with Crippen LogP contribution in [0.2, 0.25) is 5.02 Å². The number of anilines is 1. The summed E-state index contributed by atoms with van der Waals surface area (Å²) in [6.07, 6.45) is 0.866. The third kappa shape index (κ3) is 2.19. The van der Waals surface area contributed by atoms with Gasteiger partial charge in [-0.05, 0) is 30.4 Å². The summed E-state index contributed by atoms with van der Waals surface area (Å²) in [5, 5.41) is 3.54. The first kappa shape index (κ1) is 13.8. The Balaban J connectivity index is 2.01. The first-order chi connectivity index (χ1) is 9.61. The van der Waals surface area contributed by atoms with Gasteiger partial charge in [0.2, 0.25) is 5.91 Å². The Morgan fingerprint density at radius 2 is 2.25 bits per heavy atom. The molecule has 0 aliphatic carbocycles. The molecule has 1 fully saturated rings. The summed E-state index contributed by atoms with van der Waals surface area (Å²) in [6.45, 7) is 2.70. The minimum Gasteiger partial charge on any atom is -0.325 e. The fourth-order valence-corrected chi connectivity index (χ4v) is 4.18. The van der Waals surface area contributed by atoms with Crippen molar-refractivity contribution in [2.24, 2.45) is 0 Å². The van der Waals surface area contributed by atoms with Crippen LogP contribution in [0.25, 0.3) is 0 Å². The molecule has 2 atom stereocenters. The van der Waals surface area contributed by atoms with E-state index in [1.165, 1.54) is 0 Å². The predicted octanol–water partition coefficient (Wildman–Crippen LogP) is 2.63. The second-order valence-corrected chi connectivity index (χ2v) is 6.86. The Kier molecular flexibility index (Phi) is 3.65. The molecule has 0 saturated carbocycles. The van der Waals surface area contributed by atoms with Crippen LogP contribution in [0.1, 0.15) is 23.7 Å². The van der Waals surface area contributed by atoms with E-state index >= 15 is 0 Å². The van der Waals surface area contributed by atoms with Crippen molar-refractivity contribution in [3.63, 3.8) is 0 Å². The minimum absolute atomic E-state index is 0.0841. The number of nitrogens with one attached hydrogen (secondary N) is 1. The molecule has 2 heterocycles. The van der Waals surface area contributed by atoms with Gasteiger partial charge in [0.15, 0.2) is 0 Å². The van der Waals surface area contributed by atoms with Crippen molar-refractivity contribution in [3.05, 3.63) is 28.8 Å². The Labute approximate surface area is 126 Å². The number of carbonyl (C=O) groups is 2. The number of amides is 2. The summed E-state index contributed by atoms with van der Waals surface area (Å²) in [6, 6.07) is 4.62. The van der Waals surface area contributed by atoms with E-state index in [1.54, 1.807) is 34.9 Å². The average molecular weight is 311 g/mol. The van der Waals surface area contributed by atoms with Crippen molar-refractivity contribution in [1.29, 1.82) is 0 Å². The van der Waals surface area contributed by atoms with E-state index in [2.05, 4.69) is 12.2 Å². The molecule has 0 aromatic heterocycles. The summed E-state index contributed by atoms with van der Waals surface area (Å²) in [4.78, 5) is 26.7. The lowest BCUT2D eigenvalue weighted by atomic mass is 10.1. The fourth-order valence-electron chi connectivity index (χ4n) is 2.86. The molecule has 1 aromatic rings. The number of rotatable bonds is 2. The van der Waals surface area contributed by atoms with Crippen LogP contribution in [0, 0.1) is 0 Å². The van der Waals surface area contributed by atoms with Gasteiger partial charge in [-0.1, -0.05) is 18.5 Å². The van der Waals surface area contributed by atoms with Crippen molar-refractivity contribution in [2.45, 2.75) is 24.6 Å². The Morgan fingerprint density at radius 3 is 3.00 bits per heavy atom. The number of fused-ring (bicyclic) bond motifs is 2. The molecule has 0 spiro atoms. The third-order valence-electron chi connectivity index (χ3n) is 3.72. The number of benzene rings is 1. The first-order valence-corrected chi connectivity index (χ1v) is 8.07. The lowest BCUT2D eigenvalue weighted by molar-refractivity contribution is -0.119. The first-order valence-electron chi connectivity index (χ1n) is 6.65. The zero-order valence-corrected chi connectivity index (χ0v) is 12.6. The van der Waals surface area contributed by atoms with Gasteiger partial charge in [0.05, 0.1) is 11.3 Å². The van der Waals surface area contributed by atoms with Gasteiger partial charge in [-0.15, -0.1) is 0 Å². The van der Waals surface area contributed by atoms with E-state index in [0.717, 1.165) is 12.2 Å². The van der Waals surface area contributed by atoms with Crippen molar-refractivity contribution < 1.29 is 9.59 Å². The second kappa shape index (κ2) is 5.30. The topological polar surface area (TPSA) is 49.4 Å². The average Bonchev–Trinajstić information content (AvgIpc) is 2.78. The van der Waals surface area contributed by atoms with Crippen LogP contribution in [-0.4, -0.2) is 40.3 Å². The van der Waals surface area contributed by atoms with Gasteiger partial charge >= 0.3 is 0 Å². The van der Waals surface area contributed by atoms with Crippen LogP contribution >= 0.6 is 23.4 Å². The number of nitrogens with zero attached hydrogens (tertiary/aromatic N) is 1. The molecule has 0 bridgehead atoms. The predicted molar refractivity (Wildman–Crippen MR) is 81.4 cm³/mol. The summed E-state index contributed by atoms with van der Waals surface area (Å²) in [7, 11) is 0. The van der Waals surface area contributed by atoms with Crippen molar-refractivity contribution in [2.75, 3.05) is 17.6 Å². The number of halogens is 1. The highest BCUT2D eigenvalue weighted by atomic mass is 35.5. The Hall–Kier alpha value is -1.20. The minimum atomic E-state index is -0.376. The normalized spacial score (nSPS) is 25.0. The number of hydrogen-bond donors (Lipinski definition) is 1. The standard InChI is InChI=1S/C14H15ClN2O2S/c1-2-20-11-5-6-17-12(11)13(18)16-10-7-8(15)3-4-9(10)14(17)19/h3-4,7,11-12H,2,5-6H2,1H3,(H,16,18)/t11-,12-/m0/s1. The number of thioether (sulfide) groups is 1. The van der Waals surface area contributed by atoms with Gasteiger partial charge in [-0.2, -0.15) is 11.8 Å². The van der Waals surface area contributed by atoms with Crippen LogP contribution in [-0.2, 0) is 4.79 Å². The molecule has 2 aliphatic heterocycles. The van der Waals surface area contributed by atoms with Crippen LogP contribution in [0.15, 0.2) is 18.2 Å². The molecule has 2 aliphatic rings. The second-order valence-electron chi connectivity index (χ2n) is 4.91. The Bertz CT molecular complexity index is 578. The van der Waals surface area contributed by atoms with Crippen molar-refractivity contribution >= 4 is 40.9 Å². The van der Waals surface area contributed by atoms with E-state index in [9.17, 15) is 9.59 Å². The molecule has 106 valence electrons. The molecule has 20 heavy (non-hydrogen) atoms. The SMILES string of the molecule is CCS[C@H]1CCN2C(=O)c3ccc(Cl)cc3NC(=O)[C@H]12. The molecule has 3 rings (SSSR count). The van der Waals surface area contributed by atoms with Crippen LogP contribution in [0.3, 0.4) is 0 Å². The van der Waals surface area contributed by atoms with Gasteiger partial charge < -0.3 is 10.2 Å². The highest BCUT2D eigenvalue weighted by Crippen LogP contribution is 2.35. The monoisotopic (exact) mass is 310 g/mol. The van der Waals surface area contributed by atoms with Crippen molar-refractivity contribution in [1.82, 2.24) is 4.90 Å². The van der Waals surface area contributed by atoms with Gasteiger partial charge in [0.1, 0.15) is 6.04 Å². The summed E-state index contributed by atoms with van der Waals surface area (Å²) < 4.78 is 0. The quantitative estimate of drug-likeness (QED) is 0.913. The molecule has 2 amide bonds. The highest BCUT2D eigenvalue weighted by Gasteiger charge is 2.44. The molecular weight excluding hydrogens is 296 g/mol. The maximum absolute atomic E-state index is 12.6. The zero-order chi connectivity index (χ0) is 14.3. The van der Waals surface area contributed by atoms with E-state index in [1.807, 2.05) is 0 Å². The molecule has 0 radical (unpaired) electrons. The van der Waals surface area contributed by atoms with E-state index in [0.29, 0.717) is 22.8 Å². The summed E-state index contributed by atoms with van der Waals surface area (Å²) in [5.74, 6) is 0.747. The van der Waals surface area contributed by atoms with Crippen LogP contribution < -0.4 is 5.32 Å². The molecule has 4 nitrogen and oxygen atoms in total. The number of hydrogen-bond acceptors (Lipinski definition) is 3. The lowest BCUT2D eigenvalue weighted by Gasteiger charge is -2.23. The maximum Gasteiger partial charge on any atom is 0.256 e. The Morgan fingerprint density at radius 1 is 1.45 bits per heavy atom. The molecular formula is C14H15ClN2O2S. The van der Waals surface area contributed by atoms with Gasteiger partial charge in [0.25, 0.3) is 5.91 Å².